The van der Waals surface area contributed by atoms with Crippen molar-refractivity contribution in [3.63, 3.8) is 0 Å². The molecule has 158 valence electrons. The van der Waals surface area contributed by atoms with Gasteiger partial charge in [0.2, 0.25) is 0 Å². The van der Waals surface area contributed by atoms with Gasteiger partial charge in [-0.3, -0.25) is 4.79 Å². The zero-order valence-electron chi connectivity index (χ0n) is 16.6. The molecule has 0 amide bonds. The Morgan fingerprint density at radius 1 is 1.33 bits per heavy atom. The minimum absolute atomic E-state index is 0.0716. The minimum Gasteiger partial charge on any atom is -0.495 e. The van der Waals surface area contributed by atoms with Gasteiger partial charge in [-0.25, -0.2) is 9.97 Å². The second kappa shape index (κ2) is 7.62. The molecule has 30 heavy (non-hydrogen) atoms. The fraction of sp³-hybridized carbons (Fsp3) is 0.381. The second-order valence-corrected chi connectivity index (χ2v) is 7.33. The number of Topliss-reactive ketones (excluding diaryl/α,β-unsaturated/α-hetero) is 1. The largest absolute Gasteiger partial charge is 0.495 e. The number of hydrogen-bond donors (Lipinski definition) is 2. The number of benzene rings is 1. The summed E-state index contributed by atoms with van der Waals surface area (Å²) in [4.78, 5) is 24.1. The third-order valence-electron chi connectivity index (χ3n) is 5.56. The predicted octanol–water partition coefficient (Wildman–Crippen LogP) is 4.81. The van der Waals surface area contributed by atoms with Crippen molar-refractivity contribution in [3.05, 3.63) is 41.3 Å². The lowest BCUT2D eigenvalue weighted by Crippen LogP contribution is -2.21. The fourth-order valence-electron chi connectivity index (χ4n) is 4.01. The van der Waals surface area contributed by atoms with E-state index in [1.807, 2.05) is 6.92 Å². The van der Waals surface area contributed by atoms with Crippen LogP contribution in [-0.4, -0.2) is 27.8 Å². The summed E-state index contributed by atoms with van der Waals surface area (Å²) in [5.74, 6) is 0.775. The van der Waals surface area contributed by atoms with E-state index in [0.717, 1.165) is 29.8 Å². The molecule has 4 rings (SSSR count). The Morgan fingerprint density at radius 3 is 2.83 bits per heavy atom. The van der Waals surface area contributed by atoms with E-state index < -0.39 is 11.7 Å². The molecule has 0 fully saturated rings. The Labute approximate surface area is 170 Å². The number of hydrogen-bond acceptors (Lipinski definition) is 5. The molecule has 0 saturated carbocycles. The van der Waals surface area contributed by atoms with Crippen LogP contribution in [-0.2, 0) is 23.8 Å². The summed E-state index contributed by atoms with van der Waals surface area (Å²) in [6.45, 7) is 1.85. The lowest BCUT2D eigenvalue weighted by Gasteiger charge is -2.21. The van der Waals surface area contributed by atoms with E-state index in [-0.39, 0.29) is 23.1 Å². The smallest absolute Gasteiger partial charge is 0.416 e. The van der Waals surface area contributed by atoms with Gasteiger partial charge in [-0.15, -0.1) is 0 Å². The average molecular weight is 418 g/mol. The van der Waals surface area contributed by atoms with Crippen molar-refractivity contribution >= 4 is 28.3 Å². The summed E-state index contributed by atoms with van der Waals surface area (Å²) < 4.78 is 44.8. The van der Waals surface area contributed by atoms with Crippen LogP contribution in [0.1, 0.15) is 36.6 Å². The van der Waals surface area contributed by atoms with Crippen LogP contribution >= 0.6 is 0 Å². The van der Waals surface area contributed by atoms with Gasteiger partial charge >= 0.3 is 6.18 Å². The summed E-state index contributed by atoms with van der Waals surface area (Å²) in [5.41, 5.74) is 1.88. The molecule has 9 heteroatoms. The van der Waals surface area contributed by atoms with Crippen LogP contribution in [0.5, 0.6) is 5.75 Å². The summed E-state index contributed by atoms with van der Waals surface area (Å²) in [6, 6.07) is 3.24. The van der Waals surface area contributed by atoms with Crippen molar-refractivity contribution in [3.8, 4) is 5.75 Å². The zero-order valence-corrected chi connectivity index (χ0v) is 16.6. The molecule has 0 radical (unpaired) electrons. The van der Waals surface area contributed by atoms with Gasteiger partial charge in [0.15, 0.2) is 0 Å². The molecule has 2 heterocycles. The number of carbonyl (C=O) groups excluding carboxylic acids is 1. The predicted molar refractivity (Wildman–Crippen MR) is 106 cm³/mol. The molecule has 1 aliphatic carbocycles. The van der Waals surface area contributed by atoms with Crippen molar-refractivity contribution in [1.82, 2.24) is 15.0 Å². The average Bonchev–Trinajstić information content (AvgIpc) is 3.11. The Balaban J connectivity index is 1.78. The zero-order chi connectivity index (χ0) is 21.5. The van der Waals surface area contributed by atoms with E-state index in [9.17, 15) is 18.0 Å². The maximum atomic E-state index is 13.2. The molecule has 2 aromatic heterocycles. The van der Waals surface area contributed by atoms with Gasteiger partial charge in [0, 0.05) is 18.0 Å². The van der Waals surface area contributed by atoms with E-state index in [2.05, 4.69) is 20.3 Å². The molecule has 1 unspecified atom stereocenters. The Bertz CT molecular complexity index is 1110. The first-order chi connectivity index (χ1) is 14.3. The number of alkyl halides is 3. The SMILES string of the molecule is CCC(=O)C1CCc2[nH]c3ncnc(Nc4cc(C(F)(F)F)ccc4OC)c3c2C1. The maximum absolute atomic E-state index is 13.2. The summed E-state index contributed by atoms with van der Waals surface area (Å²) in [5, 5.41) is 3.69. The number of ketones is 1. The molecule has 1 aliphatic rings. The number of aromatic amines is 1. The van der Waals surface area contributed by atoms with E-state index in [4.69, 9.17) is 4.74 Å². The first kappa shape index (κ1) is 20.2. The van der Waals surface area contributed by atoms with Gasteiger partial charge in [-0.05, 0) is 43.0 Å². The molecule has 6 nitrogen and oxygen atoms in total. The Hall–Kier alpha value is -3.10. The van der Waals surface area contributed by atoms with Crippen LogP contribution in [0.3, 0.4) is 0 Å². The number of aryl methyl sites for hydroxylation is 1. The standard InChI is InChI=1S/C21H21F3N4O2/c1-3-16(29)11-4-6-14-13(8-11)18-19(27-14)25-10-26-20(18)28-15-9-12(21(22,23)24)5-7-17(15)30-2/h5,7,9-11H,3-4,6,8H2,1-2H3,(H2,25,26,27,28). The first-order valence-electron chi connectivity index (χ1n) is 9.71. The highest BCUT2D eigenvalue weighted by Gasteiger charge is 2.32. The minimum atomic E-state index is -4.48. The van der Waals surface area contributed by atoms with E-state index in [0.29, 0.717) is 36.1 Å². The van der Waals surface area contributed by atoms with Gasteiger partial charge < -0.3 is 15.0 Å². The number of nitrogens with one attached hydrogen (secondary N) is 2. The van der Waals surface area contributed by atoms with Crippen molar-refractivity contribution in [2.75, 3.05) is 12.4 Å². The van der Waals surface area contributed by atoms with Crippen LogP contribution in [0.4, 0.5) is 24.7 Å². The van der Waals surface area contributed by atoms with Gasteiger partial charge in [0.1, 0.15) is 29.3 Å². The lowest BCUT2D eigenvalue weighted by molar-refractivity contribution is -0.137. The number of aromatic nitrogens is 3. The van der Waals surface area contributed by atoms with Crippen LogP contribution in [0.2, 0.25) is 0 Å². The normalized spacial score (nSPS) is 16.4. The monoisotopic (exact) mass is 418 g/mol. The number of rotatable bonds is 5. The number of nitrogens with zero attached hydrogens (tertiary/aromatic N) is 2. The number of H-pyrrole nitrogens is 1. The van der Waals surface area contributed by atoms with E-state index in [1.54, 1.807) is 0 Å². The maximum Gasteiger partial charge on any atom is 0.416 e. The molecular weight excluding hydrogens is 397 g/mol. The quantitative estimate of drug-likeness (QED) is 0.621. The first-order valence-corrected chi connectivity index (χ1v) is 9.71. The van der Waals surface area contributed by atoms with Crippen LogP contribution < -0.4 is 10.1 Å². The summed E-state index contributed by atoms with van der Waals surface area (Å²) in [7, 11) is 1.39. The number of carbonyl (C=O) groups is 1. The number of anilines is 2. The van der Waals surface area contributed by atoms with Gasteiger partial charge in [0.25, 0.3) is 0 Å². The molecule has 0 bridgehead atoms. The highest BCUT2D eigenvalue weighted by Crippen LogP contribution is 2.39. The highest BCUT2D eigenvalue weighted by atomic mass is 19.4. The second-order valence-electron chi connectivity index (χ2n) is 7.33. The van der Waals surface area contributed by atoms with Gasteiger partial charge in [-0.1, -0.05) is 6.92 Å². The number of fused-ring (bicyclic) bond motifs is 3. The van der Waals surface area contributed by atoms with E-state index >= 15 is 0 Å². The van der Waals surface area contributed by atoms with Crippen molar-refractivity contribution in [1.29, 1.82) is 0 Å². The molecule has 1 atom stereocenters. The molecule has 3 aromatic rings. The molecule has 0 saturated heterocycles. The van der Waals surface area contributed by atoms with Crippen molar-refractivity contribution in [2.24, 2.45) is 5.92 Å². The highest BCUT2D eigenvalue weighted by molar-refractivity contribution is 5.94. The van der Waals surface area contributed by atoms with Gasteiger partial charge in [-0.2, -0.15) is 13.2 Å². The molecular formula is C21H21F3N4O2. The fourth-order valence-corrected chi connectivity index (χ4v) is 4.01. The number of methoxy groups -OCH3 is 1. The summed E-state index contributed by atoms with van der Waals surface area (Å²) in [6.07, 6.45) is -0.611. The Morgan fingerprint density at radius 2 is 2.13 bits per heavy atom. The Kier molecular flexibility index (Phi) is 5.13. The third kappa shape index (κ3) is 3.59. The third-order valence-corrected chi connectivity index (χ3v) is 5.56. The van der Waals surface area contributed by atoms with Gasteiger partial charge in [0.05, 0.1) is 23.7 Å². The van der Waals surface area contributed by atoms with Crippen molar-refractivity contribution in [2.45, 2.75) is 38.8 Å². The molecule has 0 aliphatic heterocycles. The molecule has 2 N–H and O–H groups in total. The molecule has 0 spiro atoms. The van der Waals surface area contributed by atoms with Crippen molar-refractivity contribution < 1.29 is 22.7 Å². The summed E-state index contributed by atoms with van der Waals surface area (Å²) >= 11 is 0. The number of halogens is 3. The van der Waals surface area contributed by atoms with Crippen LogP contribution in [0, 0.1) is 5.92 Å². The lowest BCUT2D eigenvalue weighted by atomic mass is 9.83. The topological polar surface area (TPSA) is 79.9 Å². The van der Waals surface area contributed by atoms with Crippen LogP contribution in [0.25, 0.3) is 11.0 Å². The van der Waals surface area contributed by atoms with E-state index in [1.165, 1.54) is 19.5 Å². The number of ether oxygens (including phenoxy) is 1. The molecule has 1 aromatic carbocycles. The van der Waals surface area contributed by atoms with Crippen LogP contribution in [0.15, 0.2) is 24.5 Å².